The Hall–Kier alpha value is -3.57. The zero-order chi connectivity index (χ0) is 22.9. The van der Waals surface area contributed by atoms with E-state index >= 15 is 0 Å². The Bertz CT molecular complexity index is 1270. The quantitative estimate of drug-likeness (QED) is 0.483. The van der Waals surface area contributed by atoms with E-state index in [-0.39, 0.29) is 18.4 Å². The summed E-state index contributed by atoms with van der Waals surface area (Å²) >= 11 is 6.34. The van der Waals surface area contributed by atoms with Crippen LogP contribution in [0.1, 0.15) is 23.6 Å². The molecule has 166 valence electrons. The van der Waals surface area contributed by atoms with E-state index in [1.165, 1.54) is 10.5 Å². The molecule has 0 bridgehead atoms. The molecule has 0 radical (unpaired) electrons. The summed E-state index contributed by atoms with van der Waals surface area (Å²) in [6.45, 7) is 3.25. The SMILES string of the molecule is CCOc1ccc(C2=C(N3CCc4ccccc43)C(=O)N(Cc3ccccc3Cl)C2=O)cc1. The highest BCUT2D eigenvalue weighted by molar-refractivity contribution is 6.37. The fraction of sp³-hybridized carbons (Fsp3) is 0.185. The van der Waals surface area contributed by atoms with Crippen molar-refractivity contribution in [1.82, 2.24) is 4.90 Å². The molecule has 0 saturated heterocycles. The van der Waals surface area contributed by atoms with Crippen LogP contribution in [-0.4, -0.2) is 29.9 Å². The van der Waals surface area contributed by atoms with Crippen molar-refractivity contribution in [2.45, 2.75) is 19.9 Å². The first-order chi connectivity index (χ1) is 16.1. The van der Waals surface area contributed by atoms with Crippen LogP contribution in [0.25, 0.3) is 5.57 Å². The van der Waals surface area contributed by atoms with E-state index in [2.05, 4.69) is 6.07 Å². The molecule has 3 aromatic rings. The largest absolute Gasteiger partial charge is 0.494 e. The third-order valence-corrected chi connectivity index (χ3v) is 6.41. The smallest absolute Gasteiger partial charge is 0.278 e. The van der Waals surface area contributed by atoms with Crippen molar-refractivity contribution in [3.8, 4) is 5.75 Å². The number of nitrogens with zero attached hydrogens (tertiary/aromatic N) is 2. The maximum absolute atomic E-state index is 13.7. The summed E-state index contributed by atoms with van der Waals surface area (Å²) in [5, 5.41) is 0.528. The number of ether oxygens (including phenoxy) is 1. The molecule has 0 aromatic heterocycles. The molecule has 3 aromatic carbocycles. The summed E-state index contributed by atoms with van der Waals surface area (Å²) in [5.74, 6) is 0.101. The van der Waals surface area contributed by atoms with Crippen LogP contribution in [-0.2, 0) is 22.6 Å². The van der Waals surface area contributed by atoms with Crippen molar-refractivity contribution < 1.29 is 14.3 Å². The average Bonchev–Trinajstić information content (AvgIpc) is 3.35. The van der Waals surface area contributed by atoms with Gasteiger partial charge in [-0.25, -0.2) is 0 Å². The number of anilines is 1. The van der Waals surface area contributed by atoms with Gasteiger partial charge in [-0.2, -0.15) is 0 Å². The number of rotatable bonds is 6. The van der Waals surface area contributed by atoms with Crippen molar-refractivity contribution in [2.75, 3.05) is 18.1 Å². The van der Waals surface area contributed by atoms with Crippen LogP contribution in [0.2, 0.25) is 5.02 Å². The van der Waals surface area contributed by atoms with Gasteiger partial charge in [0.15, 0.2) is 0 Å². The summed E-state index contributed by atoms with van der Waals surface area (Å²) in [6, 6.07) is 22.6. The first-order valence-electron chi connectivity index (χ1n) is 11.0. The zero-order valence-electron chi connectivity index (χ0n) is 18.3. The second-order valence-electron chi connectivity index (χ2n) is 8.00. The lowest BCUT2D eigenvalue weighted by Crippen LogP contribution is -2.34. The van der Waals surface area contributed by atoms with Crippen LogP contribution >= 0.6 is 11.6 Å². The third-order valence-electron chi connectivity index (χ3n) is 6.04. The lowest BCUT2D eigenvalue weighted by Gasteiger charge is -2.22. The Kier molecular flexibility index (Phi) is 5.65. The number of halogens is 1. The number of amides is 2. The van der Waals surface area contributed by atoms with Crippen LogP contribution in [0, 0.1) is 0 Å². The third kappa shape index (κ3) is 3.79. The van der Waals surface area contributed by atoms with E-state index in [1.54, 1.807) is 6.07 Å². The van der Waals surface area contributed by atoms with E-state index in [4.69, 9.17) is 16.3 Å². The minimum Gasteiger partial charge on any atom is -0.494 e. The van der Waals surface area contributed by atoms with E-state index in [0.29, 0.717) is 35.0 Å². The number of carbonyl (C=O) groups excluding carboxylic acids is 2. The van der Waals surface area contributed by atoms with Crippen LogP contribution in [0.15, 0.2) is 78.5 Å². The van der Waals surface area contributed by atoms with Crippen molar-refractivity contribution in [3.63, 3.8) is 0 Å². The summed E-state index contributed by atoms with van der Waals surface area (Å²) in [6.07, 6.45) is 0.822. The predicted molar refractivity (Wildman–Crippen MR) is 129 cm³/mol. The van der Waals surface area contributed by atoms with Crippen molar-refractivity contribution in [3.05, 3.63) is 100 Å². The first-order valence-corrected chi connectivity index (χ1v) is 11.4. The van der Waals surface area contributed by atoms with Crippen molar-refractivity contribution in [2.24, 2.45) is 0 Å². The number of benzene rings is 3. The Morgan fingerprint density at radius 1 is 0.909 bits per heavy atom. The fourth-order valence-electron chi connectivity index (χ4n) is 4.47. The molecule has 0 fully saturated rings. The normalized spacial score (nSPS) is 15.5. The second kappa shape index (κ2) is 8.75. The summed E-state index contributed by atoms with van der Waals surface area (Å²) in [4.78, 5) is 30.7. The molecule has 0 spiro atoms. The lowest BCUT2D eigenvalue weighted by molar-refractivity contribution is -0.137. The zero-order valence-corrected chi connectivity index (χ0v) is 19.0. The van der Waals surface area contributed by atoms with Crippen LogP contribution in [0.3, 0.4) is 0 Å². The van der Waals surface area contributed by atoms with E-state index in [9.17, 15) is 9.59 Å². The molecule has 2 aliphatic heterocycles. The van der Waals surface area contributed by atoms with Crippen LogP contribution in [0.4, 0.5) is 5.69 Å². The molecule has 0 N–H and O–H groups in total. The van der Waals surface area contributed by atoms with Crippen molar-refractivity contribution >= 4 is 34.7 Å². The van der Waals surface area contributed by atoms with Crippen LogP contribution < -0.4 is 9.64 Å². The minimum absolute atomic E-state index is 0.122. The molecule has 33 heavy (non-hydrogen) atoms. The summed E-state index contributed by atoms with van der Waals surface area (Å²) < 4.78 is 5.55. The van der Waals surface area contributed by atoms with Gasteiger partial charge < -0.3 is 9.64 Å². The number of fused-ring (bicyclic) bond motifs is 1. The van der Waals surface area contributed by atoms with Gasteiger partial charge >= 0.3 is 0 Å². The molecular formula is C27H23ClN2O3. The van der Waals surface area contributed by atoms with Gasteiger partial charge in [0.05, 0.1) is 18.7 Å². The van der Waals surface area contributed by atoms with E-state index < -0.39 is 0 Å². The molecule has 5 nitrogen and oxygen atoms in total. The van der Waals surface area contributed by atoms with Crippen LogP contribution in [0.5, 0.6) is 5.75 Å². The van der Waals surface area contributed by atoms with E-state index in [0.717, 1.165) is 23.4 Å². The first kappa shape index (κ1) is 21.3. The molecule has 2 aliphatic rings. The van der Waals surface area contributed by atoms with E-state index in [1.807, 2.05) is 72.5 Å². The predicted octanol–water partition coefficient (Wildman–Crippen LogP) is 5.08. The maximum atomic E-state index is 13.7. The molecule has 6 heteroatoms. The average molecular weight is 459 g/mol. The number of imide groups is 1. The molecule has 2 amide bonds. The standard InChI is InChI=1S/C27H23ClN2O3/c1-2-33-21-13-11-19(12-14-21)24-25(29-16-15-18-7-4-6-10-23(18)29)27(32)30(26(24)31)17-20-8-3-5-9-22(20)28/h3-14H,2,15-17H2,1H3. The van der Waals surface area contributed by atoms with Gasteiger partial charge in [0.1, 0.15) is 11.4 Å². The Balaban J connectivity index is 1.59. The highest BCUT2D eigenvalue weighted by Crippen LogP contribution is 2.39. The van der Waals surface area contributed by atoms with Gasteiger partial charge in [-0.3, -0.25) is 14.5 Å². The Labute approximate surface area is 197 Å². The Morgan fingerprint density at radius 3 is 2.39 bits per heavy atom. The topological polar surface area (TPSA) is 49.9 Å². The molecule has 0 unspecified atom stereocenters. The monoisotopic (exact) mass is 458 g/mol. The number of hydrogen-bond acceptors (Lipinski definition) is 4. The van der Waals surface area contributed by atoms with Crippen molar-refractivity contribution in [1.29, 1.82) is 0 Å². The van der Waals surface area contributed by atoms with Gasteiger partial charge in [0.2, 0.25) is 0 Å². The lowest BCUT2D eigenvalue weighted by atomic mass is 10.0. The molecule has 5 rings (SSSR count). The minimum atomic E-state index is -0.316. The second-order valence-corrected chi connectivity index (χ2v) is 8.41. The van der Waals surface area contributed by atoms with Gasteiger partial charge in [-0.05, 0) is 54.3 Å². The summed E-state index contributed by atoms with van der Waals surface area (Å²) in [5.41, 5.74) is 4.39. The van der Waals surface area contributed by atoms with Gasteiger partial charge in [-0.15, -0.1) is 0 Å². The molecule has 0 aliphatic carbocycles. The molecule has 2 heterocycles. The highest BCUT2D eigenvalue weighted by Gasteiger charge is 2.43. The highest BCUT2D eigenvalue weighted by atomic mass is 35.5. The summed E-state index contributed by atoms with van der Waals surface area (Å²) in [7, 11) is 0. The number of carbonyl (C=O) groups is 2. The Morgan fingerprint density at radius 2 is 1.64 bits per heavy atom. The number of hydrogen-bond donors (Lipinski definition) is 0. The van der Waals surface area contributed by atoms with Gasteiger partial charge in [0.25, 0.3) is 11.8 Å². The van der Waals surface area contributed by atoms with Gasteiger partial charge in [-0.1, -0.05) is 60.1 Å². The fourth-order valence-corrected chi connectivity index (χ4v) is 4.66. The molecule has 0 saturated carbocycles. The maximum Gasteiger partial charge on any atom is 0.278 e. The van der Waals surface area contributed by atoms with Gasteiger partial charge in [0, 0.05) is 17.3 Å². The number of para-hydroxylation sites is 1. The molecule has 0 atom stereocenters. The molecular weight excluding hydrogens is 436 g/mol.